The summed E-state index contributed by atoms with van der Waals surface area (Å²) in [6.45, 7) is -3.20. The molecule has 2 rings (SSSR count). The maximum absolute atomic E-state index is 12.3. The van der Waals surface area contributed by atoms with Crippen molar-refractivity contribution in [2.75, 3.05) is 12.4 Å². The number of anilines is 1. The van der Waals surface area contributed by atoms with Crippen LogP contribution in [0, 0.1) is 10.1 Å². The lowest BCUT2D eigenvalue weighted by atomic mass is 10.1. The van der Waals surface area contributed by atoms with Crippen molar-refractivity contribution in [3.05, 3.63) is 33.3 Å². The number of methoxy groups -OCH3 is 1. The third-order valence-corrected chi connectivity index (χ3v) is 3.13. The van der Waals surface area contributed by atoms with Gasteiger partial charge in [-0.2, -0.15) is 8.78 Å². The molecule has 0 aliphatic heterocycles. The zero-order valence-corrected chi connectivity index (χ0v) is 12.2. The normalized spacial score (nSPS) is 10.4. The standard InChI is InChI=1S/C11H8F2N4O5S/c1-21-7-2-5(9(18)15-11-16-14-4-23-11)6(17(19)20)3-8(7)22-10(12)13/h2-4,10H,1H3,(H,15,16,18). The number of nitro groups is 1. The van der Waals surface area contributed by atoms with Gasteiger partial charge in [0.25, 0.3) is 11.6 Å². The van der Waals surface area contributed by atoms with Crippen molar-refractivity contribution in [2.45, 2.75) is 6.61 Å². The number of nitrogens with zero attached hydrogens (tertiary/aromatic N) is 3. The summed E-state index contributed by atoms with van der Waals surface area (Å²) in [6.07, 6.45) is 0. The van der Waals surface area contributed by atoms with Crippen LogP contribution < -0.4 is 14.8 Å². The first-order chi connectivity index (χ1) is 10.9. The Morgan fingerprint density at radius 3 is 2.70 bits per heavy atom. The molecule has 9 nitrogen and oxygen atoms in total. The average Bonchev–Trinajstić information content (AvgIpc) is 2.98. The summed E-state index contributed by atoms with van der Waals surface area (Å²) in [5.41, 5.74) is 0.233. The summed E-state index contributed by atoms with van der Waals surface area (Å²) in [4.78, 5) is 22.3. The van der Waals surface area contributed by atoms with Crippen LogP contribution in [0.5, 0.6) is 11.5 Å². The van der Waals surface area contributed by atoms with Gasteiger partial charge in [-0.1, -0.05) is 11.3 Å². The number of carbonyl (C=O) groups excluding carboxylic acids is 1. The van der Waals surface area contributed by atoms with Crippen LogP contribution in [0.4, 0.5) is 19.6 Å². The second-order valence-electron chi connectivity index (χ2n) is 3.85. The zero-order valence-electron chi connectivity index (χ0n) is 11.4. The smallest absolute Gasteiger partial charge is 0.387 e. The Morgan fingerprint density at radius 1 is 1.43 bits per heavy atom. The van der Waals surface area contributed by atoms with Gasteiger partial charge in [-0.05, 0) is 0 Å². The van der Waals surface area contributed by atoms with E-state index in [9.17, 15) is 23.7 Å². The summed E-state index contributed by atoms with van der Waals surface area (Å²) in [7, 11) is 1.14. The molecule has 1 aromatic heterocycles. The Morgan fingerprint density at radius 2 is 2.17 bits per heavy atom. The van der Waals surface area contributed by atoms with E-state index in [4.69, 9.17) is 4.74 Å². The van der Waals surface area contributed by atoms with Crippen molar-refractivity contribution in [3.63, 3.8) is 0 Å². The predicted octanol–water partition coefficient (Wildman–Crippen LogP) is 2.31. The zero-order chi connectivity index (χ0) is 17.0. The number of hydrogen-bond donors (Lipinski definition) is 1. The van der Waals surface area contributed by atoms with Gasteiger partial charge in [0.2, 0.25) is 5.13 Å². The van der Waals surface area contributed by atoms with Crippen molar-refractivity contribution in [1.29, 1.82) is 0 Å². The van der Waals surface area contributed by atoms with Gasteiger partial charge >= 0.3 is 6.61 Å². The fourth-order valence-corrected chi connectivity index (χ4v) is 2.06. The van der Waals surface area contributed by atoms with E-state index in [-0.39, 0.29) is 10.9 Å². The van der Waals surface area contributed by atoms with Crippen LogP contribution in [-0.2, 0) is 0 Å². The van der Waals surface area contributed by atoms with E-state index < -0.39 is 34.4 Å². The highest BCUT2D eigenvalue weighted by molar-refractivity contribution is 7.13. The van der Waals surface area contributed by atoms with Gasteiger partial charge in [-0.25, -0.2) is 0 Å². The molecule has 0 bridgehead atoms. The lowest BCUT2D eigenvalue weighted by Crippen LogP contribution is -2.15. The molecule has 0 saturated heterocycles. The van der Waals surface area contributed by atoms with Crippen LogP contribution in [-0.4, -0.2) is 34.7 Å². The molecule has 1 heterocycles. The summed E-state index contributed by atoms with van der Waals surface area (Å²) in [6, 6.07) is 1.63. The van der Waals surface area contributed by atoms with Crippen LogP contribution in [0.1, 0.15) is 10.4 Å². The second kappa shape index (κ2) is 6.91. The molecule has 2 aromatic rings. The monoisotopic (exact) mass is 346 g/mol. The summed E-state index contributed by atoms with van der Waals surface area (Å²) >= 11 is 1.00. The first-order valence-corrected chi connectivity index (χ1v) is 6.69. The number of rotatable bonds is 6. The quantitative estimate of drug-likeness (QED) is 0.630. The summed E-state index contributed by atoms with van der Waals surface area (Å²) in [5, 5.41) is 20.6. The maximum atomic E-state index is 12.3. The molecule has 0 radical (unpaired) electrons. The average molecular weight is 346 g/mol. The molecule has 0 atom stereocenters. The Bertz CT molecular complexity index is 725. The number of benzene rings is 1. The van der Waals surface area contributed by atoms with Gasteiger partial charge in [0.05, 0.1) is 18.1 Å². The van der Waals surface area contributed by atoms with E-state index in [1.165, 1.54) is 5.51 Å². The lowest BCUT2D eigenvalue weighted by Gasteiger charge is -2.11. The number of alkyl halides is 2. The largest absolute Gasteiger partial charge is 0.493 e. The molecule has 1 aromatic carbocycles. The first-order valence-electron chi connectivity index (χ1n) is 5.81. The van der Waals surface area contributed by atoms with Crippen LogP contribution in [0.2, 0.25) is 0 Å². The van der Waals surface area contributed by atoms with Gasteiger partial charge in [0.15, 0.2) is 11.5 Å². The van der Waals surface area contributed by atoms with Crippen LogP contribution in [0.25, 0.3) is 0 Å². The topological polar surface area (TPSA) is 116 Å². The maximum Gasteiger partial charge on any atom is 0.387 e. The highest BCUT2D eigenvalue weighted by Gasteiger charge is 2.26. The molecular weight excluding hydrogens is 338 g/mol. The third kappa shape index (κ3) is 3.85. The number of aromatic nitrogens is 2. The molecule has 0 fully saturated rings. The van der Waals surface area contributed by atoms with Crippen molar-refractivity contribution in [2.24, 2.45) is 0 Å². The molecule has 23 heavy (non-hydrogen) atoms. The Kier molecular flexibility index (Phi) is 4.95. The van der Waals surface area contributed by atoms with Gasteiger partial charge < -0.3 is 9.47 Å². The summed E-state index contributed by atoms with van der Waals surface area (Å²) in [5.74, 6) is -1.67. The number of carbonyl (C=O) groups is 1. The predicted molar refractivity (Wildman–Crippen MR) is 74.1 cm³/mol. The molecular formula is C11H8F2N4O5S. The molecule has 1 amide bonds. The van der Waals surface area contributed by atoms with Gasteiger partial charge in [-0.3, -0.25) is 20.2 Å². The van der Waals surface area contributed by atoms with E-state index in [0.717, 1.165) is 24.5 Å². The van der Waals surface area contributed by atoms with E-state index in [1.54, 1.807) is 0 Å². The Hall–Kier alpha value is -2.89. The van der Waals surface area contributed by atoms with Crippen molar-refractivity contribution in [3.8, 4) is 11.5 Å². The SMILES string of the molecule is COc1cc(C(=O)Nc2nncs2)c([N+](=O)[O-])cc1OC(F)F. The molecule has 0 spiro atoms. The minimum Gasteiger partial charge on any atom is -0.493 e. The van der Waals surface area contributed by atoms with Crippen molar-refractivity contribution < 1.29 is 28.0 Å². The fraction of sp³-hybridized carbons (Fsp3) is 0.182. The van der Waals surface area contributed by atoms with E-state index in [0.29, 0.717) is 6.07 Å². The van der Waals surface area contributed by atoms with E-state index in [1.807, 2.05) is 0 Å². The number of nitrogens with one attached hydrogen (secondary N) is 1. The number of amides is 1. The Labute approximate surface area is 131 Å². The molecule has 0 unspecified atom stereocenters. The molecule has 1 N–H and O–H groups in total. The first kappa shape index (κ1) is 16.5. The number of nitro benzene ring substituents is 1. The molecule has 122 valence electrons. The number of halogens is 2. The Balaban J connectivity index is 2.44. The van der Waals surface area contributed by atoms with Gasteiger partial charge in [0, 0.05) is 6.07 Å². The van der Waals surface area contributed by atoms with Crippen LogP contribution in [0.15, 0.2) is 17.6 Å². The van der Waals surface area contributed by atoms with Crippen LogP contribution in [0.3, 0.4) is 0 Å². The number of hydrogen-bond acceptors (Lipinski definition) is 8. The third-order valence-electron chi connectivity index (χ3n) is 2.52. The molecule has 12 heteroatoms. The molecule has 0 saturated carbocycles. The van der Waals surface area contributed by atoms with E-state index >= 15 is 0 Å². The van der Waals surface area contributed by atoms with Crippen molar-refractivity contribution in [1.82, 2.24) is 10.2 Å². The van der Waals surface area contributed by atoms with Gasteiger partial charge in [0.1, 0.15) is 11.1 Å². The van der Waals surface area contributed by atoms with E-state index in [2.05, 4.69) is 20.3 Å². The minimum atomic E-state index is -3.20. The molecule has 0 aliphatic rings. The van der Waals surface area contributed by atoms with Gasteiger partial charge in [-0.15, -0.1) is 10.2 Å². The minimum absolute atomic E-state index is 0.121. The highest BCUT2D eigenvalue weighted by Crippen LogP contribution is 2.36. The second-order valence-corrected chi connectivity index (χ2v) is 4.69. The summed E-state index contributed by atoms with van der Waals surface area (Å²) < 4.78 is 33.7. The lowest BCUT2D eigenvalue weighted by molar-refractivity contribution is -0.385. The van der Waals surface area contributed by atoms with Crippen molar-refractivity contribution >= 4 is 28.1 Å². The van der Waals surface area contributed by atoms with Crippen LogP contribution >= 0.6 is 11.3 Å². The highest BCUT2D eigenvalue weighted by atomic mass is 32.1. The fourth-order valence-electron chi connectivity index (χ4n) is 1.62. The number of ether oxygens (including phenoxy) is 2. The molecule has 0 aliphatic carbocycles.